The zero-order valence-corrected chi connectivity index (χ0v) is 13.2. The number of pyridine rings is 1. The van der Waals surface area contributed by atoms with Gasteiger partial charge in [0, 0.05) is 18.1 Å². The molecule has 0 radical (unpaired) electrons. The first-order chi connectivity index (χ1) is 10.7. The minimum absolute atomic E-state index is 0.0575. The molecule has 2 atom stereocenters. The average Bonchev–Trinajstić information content (AvgIpc) is 3.26. The fourth-order valence-electron chi connectivity index (χ4n) is 2.49. The Morgan fingerprint density at radius 1 is 1.59 bits per heavy atom. The Morgan fingerprint density at radius 2 is 2.41 bits per heavy atom. The smallest absolute Gasteiger partial charge is 0.136 e. The number of hydrazine groups is 1. The van der Waals surface area contributed by atoms with Gasteiger partial charge in [0.25, 0.3) is 0 Å². The van der Waals surface area contributed by atoms with E-state index in [1.165, 1.54) is 12.8 Å². The number of thioether (sulfide) groups is 1. The Hall–Kier alpha value is -1.64. The lowest BCUT2D eigenvalue weighted by Crippen LogP contribution is -2.38. The van der Waals surface area contributed by atoms with Crippen molar-refractivity contribution in [1.82, 2.24) is 19.8 Å². The van der Waals surface area contributed by atoms with Gasteiger partial charge in [-0.15, -0.1) is 16.7 Å². The molecule has 1 aliphatic carbocycles. The van der Waals surface area contributed by atoms with Gasteiger partial charge in [-0.2, -0.15) is 0 Å². The summed E-state index contributed by atoms with van der Waals surface area (Å²) in [6.45, 7) is 2.42. The van der Waals surface area contributed by atoms with Gasteiger partial charge in [-0.1, -0.05) is 6.07 Å². The van der Waals surface area contributed by atoms with Crippen molar-refractivity contribution >= 4 is 17.4 Å². The number of nitrogens with zero attached hydrogens (tertiary/aromatic N) is 4. The van der Waals surface area contributed by atoms with Crippen molar-refractivity contribution < 1.29 is 0 Å². The van der Waals surface area contributed by atoms with Gasteiger partial charge in [0.05, 0.1) is 22.6 Å². The van der Waals surface area contributed by atoms with Gasteiger partial charge in [-0.25, -0.2) is 15.4 Å². The maximum Gasteiger partial charge on any atom is 0.136 e. The first-order valence-electron chi connectivity index (χ1n) is 7.35. The number of aromatic nitrogens is 2. The van der Waals surface area contributed by atoms with Gasteiger partial charge < -0.3 is 4.40 Å². The van der Waals surface area contributed by atoms with Crippen molar-refractivity contribution in [3.8, 4) is 0 Å². The molecule has 7 nitrogen and oxygen atoms in total. The number of rotatable bonds is 8. The third-order valence-electron chi connectivity index (χ3n) is 3.92. The van der Waals surface area contributed by atoms with E-state index in [4.69, 9.17) is 5.84 Å². The molecule has 2 unspecified atom stereocenters. The van der Waals surface area contributed by atoms with Crippen molar-refractivity contribution in [2.45, 2.75) is 37.1 Å². The molecule has 1 saturated carbocycles. The largest absolute Gasteiger partial charge is 0.302 e. The fourth-order valence-corrected chi connectivity index (χ4v) is 3.74. The Bertz CT molecular complexity index is 643. The molecule has 22 heavy (non-hydrogen) atoms. The van der Waals surface area contributed by atoms with Crippen LogP contribution in [-0.4, -0.2) is 25.1 Å². The van der Waals surface area contributed by atoms with Crippen LogP contribution in [0.2, 0.25) is 0 Å². The van der Waals surface area contributed by atoms with Crippen LogP contribution >= 0.6 is 11.8 Å². The van der Waals surface area contributed by atoms with E-state index in [9.17, 15) is 4.91 Å². The van der Waals surface area contributed by atoms with Gasteiger partial charge in [-0.3, -0.25) is 5.84 Å². The molecule has 0 aliphatic heterocycles. The number of hydrogen-bond acceptors (Lipinski definition) is 6. The number of fused-ring (bicyclic) bond motifs is 1. The molecule has 0 bridgehead atoms. The number of nitroso groups, excluding NO2 is 1. The summed E-state index contributed by atoms with van der Waals surface area (Å²) in [6.07, 6.45) is 6.02. The zero-order chi connectivity index (χ0) is 15.5. The van der Waals surface area contributed by atoms with Crippen LogP contribution in [0.3, 0.4) is 0 Å². The number of hydrogen-bond donors (Lipinski definition) is 2. The summed E-state index contributed by atoms with van der Waals surface area (Å²) >= 11 is 1.65. The predicted molar refractivity (Wildman–Crippen MR) is 87.4 cm³/mol. The van der Waals surface area contributed by atoms with E-state index in [-0.39, 0.29) is 10.7 Å². The lowest BCUT2D eigenvalue weighted by atomic mass is 10.3. The van der Waals surface area contributed by atoms with Gasteiger partial charge >= 0.3 is 0 Å². The molecule has 118 valence electrons. The maximum atomic E-state index is 11.3. The van der Waals surface area contributed by atoms with Gasteiger partial charge in [-0.05, 0) is 37.8 Å². The molecule has 0 amide bonds. The summed E-state index contributed by atoms with van der Waals surface area (Å²) in [5.41, 5.74) is 4.68. The second-order valence-electron chi connectivity index (χ2n) is 5.51. The van der Waals surface area contributed by atoms with Crippen LogP contribution in [0.25, 0.3) is 5.65 Å². The Kier molecular flexibility index (Phi) is 4.60. The molecule has 1 aliphatic rings. The summed E-state index contributed by atoms with van der Waals surface area (Å²) in [6, 6.07) is 5.85. The highest BCUT2D eigenvalue weighted by Gasteiger charge is 2.33. The minimum Gasteiger partial charge on any atom is -0.302 e. The van der Waals surface area contributed by atoms with Gasteiger partial charge in [0.2, 0.25) is 0 Å². The Balaban J connectivity index is 1.70. The predicted octanol–water partition coefficient (Wildman–Crippen LogP) is 2.10. The fraction of sp³-hybridized carbons (Fsp3) is 0.500. The van der Waals surface area contributed by atoms with E-state index in [1.54, 1.807) is 23.0 Å². The van der Waals surface area contributed by atoms with Crippen molar-refractivity contribution in [3.05, 3.63) is 41.2 Å². The highest BCUT2D eigenvalue weighted by molar-refractivity contribution is 8.00. The van der Waals surface area contributed by atoms with Crippen LogP contribution in [0.15, 0.2) is 35.9 Å². The monoisotopic (exact) mass is 320 g/mol. The van der Waals surface area contributed by atoms with Crippen molar-refractivity contribution in [1.29, 1.82) is 0 Å². The van der Waals surface area contributed by atoms with Crippen LogP contribution < -0.4 is 11.3 Å². The first-order valence-corrected chi connectivity index (χ1v) is 8.29. The topological polar surface area (TPSA) is 88.0 Å². The van der Waals surface area contributed by atoms with E-state index in [2.05, 4.69) is 15.7 Å². The molecule has 0 saturated heterocycles. The number of imidazole rings is 1. The summed E-state index contributed by atoms with van der Waals surface area (Å²) in [5.74, 6) is 6.21. The third-order valence-corrected chi connectivity index (χ3v) is 5.37. The second-order valence-corrected chi connectivity index (χ2v) is 6.97. The third kappa shape index (κ3) is 3.23. The van der Waals surface area contributed by atoms with Crippen molar-refractivity contribution in [2.24, 2.45) is 17.0 Å². The van der Waals surface area contributed by atoms with Crippen molar-refractivity contribution in [2.75, 3.05) is 0 Å². The zero-order valence-electron chi connectivity index (χ0n) is 12.4. The van der Waals surface area contributed by atoms with Crippen LogP contribution in [0.4, 0.5) is 0 Å². The molecule has 2 aromatic heterocycles. The highest BCUT2D eigenvalue weighted by Crippen LogP contribution is 2.39. The summed E-state index contributed by atoms with van der Waals surface area (Å²) in [5, 5.41) is 4.86. The molecular formula is C14H20N6OS. The molecule has 3 rings (SSSR count). The van der Waals surface area contributed by atoms with E-state index in [1.807, 2.05) is 35.7 Å². The van der Waals surface area contributed by atoms with E-state index in [0.717, 1.165) is 11.3 Å². The first kappa shape index (κ1) is 15.3. The van der Waals surface area contributed by atoms with E-state index >= 15 is 0 Å². The molecule has 8 heteroatoms. The standard InChI is InChI=1S/C14H20N6OS/c1-10(22-14(17-15)11-5-6-11)20(18-21)9-12-3-2-4-13-16-7-8-19(12)13/h2-4,7-8,10-11,14,17H,5-6,9,15H2,1H3. The molecule has 1 fully saturated rings. The maximum absolute atomic E-state index is 11.3. The summed E-state index contributed by atoms with van der Waals surface area (Å²) in [4.78, 5) is 15.5. The second kappa shape index (κ2) is 6.64. The SMILES string of the molecule is CC(SC(NN)C1CC1)N(Cc1cccc2nccn12)N=O. The van der Waals surface area contributed by atoms with E-state index in [0.29, 0.717) is 12.5 Å². The summed E-state index contributed by atoms with van der Waals surface area (Å²) < 4.78 is 1.97. The molecule has 0 spiro atoms. The Labute approximate surface area is 133 Å². The minimum atomic E-state index is -0.0575. The van der Waals surface area contributed by atoms with Crippen LogP contribution in [0, 0.1) is 10.8 Å². The number of nitrogens with two attached hydrogens (primary N) is 1. The molecule has 0 aromatic carbocycles. The summed E-state index contributed by atoms with van der Waals surface area (Å²) in [7, 11) is 0. The van der Waals surface area contributed by atoms with Crippen LogP contribution in [0.1, 0.15) is 25.5 Å². The van der Waals surface area contributed by atoms with Gasteiger partial charge in [0.1, 0.15) is 5.65 Å². The van der Waals surface area contributed by atoms with E-state index < -0.39 is 0 Å². The lowest BCUT2D eigenvalue weighted by Gasteiger charge is -2.26. The van der Waals surface area contributed by atoms with Crippen molar-refractivity contribution in [3.63, 3.8) is 0 Å². The normalized spacial score (nSPS) is 17.4. The quantitative estimate of drug-likeness (QED) is 0.335. The average molecular weight is 320 g/mol. The van der Waals surface area contributed by atoms with Gasteiger partial charge in [0.15, 0.2) is 0 Å². The van der Waals surface area contributed by atoms with Crippen LogP contribution in [0.5, 0.6) is 0 Å². The lowest BCUT2D eigenvalue weighted by molar-refractivity contribution is 0.262. The Morgan fingerprint density at radius 3 is 3.09 bits per heavy atom. The van der Waals surface area contributed by atoms with Crippen LogP contribution in [-0.2, 0) is 6.54 Å². The molecular weight excluding hydrogens is 300 g/mol. The molecule has 2 heterocycles. The number of nitrogens with one attached hydrogen (secondary N) is 1. The molecule has 2 aromatic rings. The molecule has 3 N–H and O–H groups in total. The highest BCUT2D eigenvalue weighted by atomic mass is 32.2.